The van der Waals surface area contributed by atoms with Crippen LogP contribution in [0.1, 0.15) is 32.1 Å². The molecule has 3 fully saturated rings. The second kappa shape index (κ2) is 4.18. The Kier molecular flexibility index (Phi) is 2.97. The summed E-state index contributed by atoms with van der Waals surface area (Å²) in [5.41, 5.74) is 0. The van der Waals surface area contributed by atoms with Crippen molar-refractivity contribution in [2.45, 2.75) is 38.1 Å². The lowest BCUT2D eigenvalue weighted by Gasteiger charge is -2.45. The fourth-order valence-corrected chi connectivity index (χ4v) is 6.84. The van der Waals surface area contributed by atoms with Gasteiger partial charge in [-0.2, -0.15) is 9.34 Å². The van der Waals surface area contributed by atoms with Crippen molar-refractivity contribution < 1.29 is 4.89 Å². The molecule has 0 aromatic carbocycles. The molecule has 3 aliphatic heterocycles. The third-order valence-electron chi connectivity index (χ3n) is 4.30. The highest BCUT2D eigenvalue weighted by Gasteiger charge is 2.56. The van der Waals surface area contributed by atoms with Crippen LogP contribution in [0.4, 0.5) is 0 Å². The molecule has 0 aliphatic carbocycles. The highest BCUT2D eigenvalue weighted by molar-refractivity contribution is 7.62. The summed E-state index contributed by atoms with van der Waals surface area (Å²) >= 11 is 0. The molecule has 0 bridgehead atoms. The summed E-state index contributed by atoms with van der Waals surface area (Å²) in [6, 6.07) is 0.567. The molecule has 16 heavy (non-hydrogen) atoms. The van der Waals surface area contributed by atoms with Gasteiger partial charge in [-0.15, -0.1) is 4.67 Å². The van der Waals surface area contributed by atoms with Gasteiger partial charge in [0, 0.05) is 26.7 Å². The Morgan fingerprint density at radius 1 is 1.06 bits per heavy atom. The fourth-order valence-electron chi connectivity index (χ4n) is 3.47. The SMILES string of the molecule is CN1C[C@@H]2CCCN2[P+]1([O-])N1CCCCC1. The molecule has 1 unspecified atom stereocenters. The molecule has 4 nitrogen and oxygen atoms in total. The van der Waals surface area contributed by atoms with Crippen molar-refractivity contribution in [1.29, 1.82) is 0 Å². The summed E-state index contributed by atoms with van der Waals surface area (Å²) in [5, 5.41) is 0. The van der Waals surface area contributed by atoms with E-state index >= 15 is 0 Å². The van der Waals surface area contributed by atoms with E-state index in [0.717, 1.165) is 26.2 Å². The monoisotopic (exact) mass is 243 g/mol. The van der Waals surface area contributed by atoms with Gasteiger partial charge in [-0.25, -0.2) is 0 Å². The van der Waals surface area contributed by atoms with E-state index in [1.807, 2.05) is 7.05 Å². The Morgan fingerprint density at radius 2 is 1.81 bits per heavy atom. The number of piperidine rings is 1. The van der Waals surface area contributed by atoms with Gasteiger partial charge in [0.1, 0.15) is 0 Å². The topological polar surface area (TPSA) is 32.8 Å². The van der Waals surface area contributed by atoms with E-state index in [1.165, 1.54) is 32.1 Å². The fraction of sp³-hybridized carbons (Fsp3) is 1.00. The van der Waals surface area contributed by atoms with E-state index in [-0.39, 0.29) is 0 Å². The van der Waals surface area contributed by atoms with E-state index in [1.54, 1.807) is 0 Å². The largest absolute Gasteiger partial charge is 0.636 e. The van der Waals surface area contributed by atoms with Crippen LogP contribution in [0.3, 0.4) is 0 Å². The van der Waals surface area contributed by atoms with Gasteiger partial charge in [0.05, 0.1) is 12.6 Å². The predicted octanol–water partition coefficient (Wildman–Crippen LogP) is 0.920. The van der Waals surface area contributed by atoms with Gasteiger partial charge >= 0.3 is 0 Å². The molecule has 3 heterocycles. The van der Waals surface area contributed by atoms with E-state index < -0.39 is 7.94 Å². The van der Waals surface area contributed by atoms with Crippen LogP contribution in [0, 0.1) is 0 Å². The van der Waals surface area contributed by atoms with Gasteiger partial charge in [-0.1, -0.05) is 6.42 Å². The molecule has 2 atom stereocenters. The molecule has 0 saturated carbocycles. The van der Waals surface area contributed by atoms with E-state index in [0.29, 0.717) is 6.04 Å². The van der Waals surface area contributed by atoms with Crippen molar-refractivity contribution in [3.8, 4) is 0 Å². The lowest BCUT2D eigenvalue weighted by Crippen LogP contribution is -2.46. The number of fused-ring (bicyclic) bond motifs is 1. The average molecular weight is 243 g/mol. The first kappa shape index (κ1) is 11.4. The Hall–Kier alpha value is 0.270. The Balaban J connectivity index is 1.83. The van der Waals surface area contributed by atoms with Crippen LogP contribution < -0.4 is 4.89 Å². The zero-order valence-electron chi connectivity index (χ0n) is 10.1. The molecule has 0 N–H and O–H groups in total. The van der Waals surface area contributed by atoms with Crippen LogP contribution >= 0.6 is 7.94 Å². The van der Waals surface area contributed by atoms with Crippen LogP contribution in [0.25, 0.3) is 0 Å². The Morgan fingerprint density at radius 3 is 2.56 bits per heavy atom. The van der Waals surface area contributed by atoms with Crippen LogP contribution in [-0.2, 0) is 0 Å². The minimum absolute atomic E-state index is 0.567. The zero-order chi connectivity index (χ0) is 11.2. The number of hydrogen-bond acceptors (Lipinski definition) is 4. The van der Waals surface area contributed by atoms with Crippen LogP contribution in [0.15, 0.2) is 0 Å². The molecule has 0 spiro atoms. The maximum Gasteiger partial charge on any atom is 0.185 e. The van der Waals surface area contributed by atoms with Crippen molar-refractivity contribution >= 4 is 7.94 Å². The molecule has 5 heteroatoms. The standard InChI is InChI=1S/C11H22N3OP/c1-12-10-11-6-5-9-14(11)16(12,15)13-7-3-2-4-8-13/h11H,2-10H2,1H3/t11-,16?/m0/s1. The number of rotatable bonds is 1. The van der Waals surface area contributed by atoms with Gasteiger partial charge in [0.2, 0.25) is 0 Å². The van der Waals surface area contributed by atoms with Crippen molar-refractivity contribution in [2.24, 2.45) is 0 Å². The molecule has 0 radical (unpaired) electrons. The molecule has 0 aromatic rings. The maximum absolute atomic E-state index is 13.3. The van der Waals surface area contributed by atoms with Crippen molar-refractivity contribution in [3.63, 3.8) is 0 Å². The predicted molar refractivity (Wildman–Crippen MR) is 64.7 cm³/mol. The van der Waals surface area contributed by atoms with Crippen molar-refractivity contribution in [1.82, 2.24) is 14.0 Å². The number of nitrogens with zero attached hydrogens (tertiary/aromatic N) is 3. The van der Waals surface area contributed by atoms with Gasteiger partial charge < -0.3 is 4.89 Å². The molecule has 3 saturated heterocycles. The lowest BCUT2D eigenvalue weighted by atomic mass is 10.2. The third kappa shape index (κ3) is 1.55. The zero-order valence-corrected chi connectivity index (χ0v) is 11.0. The van der Waals surface area contributed by atoms with Crippen LogP contribution in [0.5, 0.6) is 0 Å². The van der Waals surface area contributed by atoms with Gasteiger partial charge in [0.25, 0.3) is 0 Å². The highest BCUT2D eigenvalue weighted by atomic mass is 31.2. The average Bonchev–Trinajstić information content (AvgIpc) is 2.85. The minimum atomic E-state index is -2.34. The smallest absolute Gasteiger partial charge is 0.185 e. The number of likely N-dealkylation sites (N-methyl/N-ethyl adjacent to an activating group) is 1. The Labute approximate surface area is 98.8 Å². The normalized spacial score (nSPS) is 42.8. The first-order valence-electron chi connectivity index (χ1n) is 6.57. The second-order valence-electron chi connectivity index (χ2n) is 5.33. The molecule has 3 aliphatic rings. The van der Waals surface area contributed by atoms with Gasteiger partial charge in [-0.05, 0) is 25.7 Å². The summed E-state index contributed by atoms with van der Waals surface area (Å²) in [4.78, 5) is 13.3. The van der Waals surface area contributed by atoms with Gasteiger partial charge in [-0.3, -0.25) is 0 Å². The van der Waals surface area contributed by atoms with Gasteiger partial charge in [0.15, 0.2) is 7.94 Å². The van der Waals surface area contributed by atoms with E-state index in [4.69, 9.17) is 0 Å². The molecule has 92 valence electrons. The molecule has 0 amide bonds. The summed E-state index contributed by atoms with van der Waals surface area (Å²) in [5.74, 6) is 0. The summed E-state index contributed by atoms with van der Waals surface area (Å²) in [6.07, 6.45) is 6.22. The van der Waals surface area contributed by atoms with E-state index in [2.05, 4.69) is 14.0 Å². The summed E-state index contributed by atoms with van der Waals surface area (Å²) < 4.78 is 6.74. The third-order valence-corrected chi connectivity index (χ3v) is 7.69. The van der Waals surface area contributed by atoms with Crippen LogP contribution in [0.2, 0.25) is 0 Å². The van der Waals surface area contributed by atoms with Crippen molar-refractivity contribution in [2.75, 3.05) is 33.2 Å². The van der Waals surface area contributed by atoms with Crippen molar-refractivity contribution in [3.05, 3.63) is 0 Å². The molecular weight excluding hydrogens is 221 g/mol. The minimum Gasteiger partial charge on any atom is -0.636 e. The molecule has 0 aromatic heterocycles. The molecular formula is C11H22N3OP. The summed E-state index contributed by atoms with van der Waals surface area (Å²) in [7, 11) is -0.291. The van der Waals surface area contributed by atoms with E-state index in [9.17, 15) is 4.89 Å². The highest BCUT2D eigenvalue weighted by Crippen LogP contribution is 2.66. The maximum atomic E-state index is 13.3. The molecule has 3 rings (SSSR count). The first-order chi connectivity index (χ1) is 7.73. The lowest BCUT2D eigenvalue weighted by molar-refractivity contribution is -0.203. The number of hydrogen-bond donors (Lipinski definition) is 0. The first-order valence-corrected chi connectivity index (χ1v) is 8.13. The Bertz CT molecular complexity index is 272. The van der Waals surface area contributed by atoms with Crippen LogP contribution in [-0.4, -0.2) is 53.3 Å². The quantitative estimate of drug-likeness (QED) is 0.641. The second-order valence-corrected chi connectivity index (χ2v) is 8.12. The summed E-state index contributed by atoms with van der Waals surface area (Å²) in [6.45, 7) is 4.12.